The molecule has 0 amide bonds. The number of thiophene rings is 1. The Kier molecular flexibility index (Phi) is 3.99. The zero-order chi connectivity index (χ0) is 13.0. The summed E-state index contributed by atoms with van der Waals surface area (Å²) in [6.07, 6.45) is 1.04. The van der Waals surface area contributed by atoms with Crippen molar-refractivity contribution in [2.75, 3.05) is 5.32 Å². The number of hydrogen-bond acceptors (Lipinski definition) is 3. The molecule has 0 radical (unpaired) electrons. The first kappa shape index (κ1) is 12.6. The van der Waals surface area contributed by atoms with Gasteiger partial charge in [-0.3, -0.25) is 0 Å². The molecule has 0 atom stereocenters. The molecule has 2 N–H and O–H groups in total. The first-order valence-electron chi connectivity index (χ1n) is 5.83. The van der Waals surface area contributed by atoms with E-state index in [1.54, 1.807) is 35.6 Å². The van der Waals surface area contributed by atoms with Gasteiger partial charge in [-0.05, 0) is 47.7 Å². The fourth-order valence-electron chi connectivity index (χ4n) is 1.75. The lowest BCUT2D eigenvalue weighted by Gasteiger charge is -2.06. The topological polar surface area (TPSA) is 49.3 Å². The second-order valence-corrected chi connectivity index (χ2v) is 4.96. The van der Waals surface area contributed by atoms with E-state index in [2.05, 4.69) is 23.7 Å². The van der Waals surface area contributed by atoms with Crippen molar-refractivity contribution in [1.82, 2.24) is 0 Å². The molecule has 0 aliphatic carbocycles. The monoisotopic (exact) mass is 261 g/mol. The number of aromatic carboxylic acids is 1. The van der Waals surface area contributed by atoms with Crippen LogP contribution in [0.2, 0.25) is 0 Å². The highest BCUT2D eigenvalue weighted by Crippen LogP contribution is 2.19. The average molecular weight is 261 g/mol. The summed E-state index contributed by atoms with van der Waals surface area (Å²) < 4.78 is 0. The van der Waals surface area contributed by atoms with Crippen LogP contribution >= 0.6 is 11.3 Å². The third kappa shape index (κ3) is 2.90. The van der Waals surface area contributed by atoms with Gasteiger partial charge in [0.15, 0.2) is 0 Å². The predicted octanol–water partition coefficient (Wildman–Crippen LogP) is 3.62. The quantitative estimate of drug-likeness (QED) is 0.864. The lowest BCUT2D eigenvalue weighted by molar-refractivity contribution is 0.0697. The van der Waals surface area contributed by atoms with Gasteiger partial charge in [0.2, 0.25) is 0 Å². The summed E-state index contributed by atoms with van der Waals surface area (Å²) in [4.78, 5) is 12.1. The third-order valence-corrected chi connectivity index (χ3v) is 3.77. The maximum atomic E-state index is 10.7. The Morgan fingerprint density at radius 3 is 2.61 bits per heavy atom. The van der Waals surface area contributed by atoms with Crippen LogP contribution in [0.1, 0.15) is 27.7 Å². The second-order valence-electron chi connectivity index (χ2n) is 3.96. The third-order valence-electron chi connectivity index (χ3n) is 2.80. The molecule has 4 heteroatoms. The fourth-order valence-corrected chi connectivity index (χ4v) is 2.67. The van der Waals surface area contributed by atoms with Crippen molar-refractivity contribution in [2.45, 2.75) is 19.9 Å². The van der Waals surface area contributed by atoms with Gasteiger partial charge < -0.3 is 10.4 Å². The lowest BCUT2D eigenvalue weighted by atomic mass is 10.2. The number of benzene rings is 1. The molecule has 0 unspecified atom stereocenters. The van der Waals surface area contributed by atoms with Crippen molar-refractivity contribution in [3.05, 3.63) is 51.7 Å². The van der Waals surface area contributed by atoms with E-state index < -0.39 is 5.97 Å². The van der Waals surface area contributed by atoms with Crippen LogP contribution in [0.25, 0.3) is 0 Å². The Hall–Kier alpha value is -1.81. The lowest BCUT2D eigenvalue weighted by Crippen LogP contribution is -2.01. The largest absolute Gasteiger partial charge is 0.478 e. The number of aryl methyl sites for hydroxylation is 1. The number of nitrogens with one attached hydrogen (secondary N) is 1. The normalized spacial score (nSPS) is 10.3. The van der Waals surface area contributed by atoms with Gasteiger partial charge in [-0.2, -0.15) is 0 Å². The fraction of sp³-hybridized carbons (Fsp3) is 0.214. The molecule has 2 aromatic rings. The molecule has 1 heterocycles. The van der Waals surface area contributed by atoms with E-state index in [-0.39, 0.29) is 0 Å². The number of rotatable bonds is 5. The molecule has 0 saturated carbocycles. The molecule has 18 heavy (non-hydrogen) atoms. The molecule has 0 fully saturated rings. The van der Waals surface area contributed by atoms with E-state index in [0.717, 1.165) is 18.7 Å². The number of anilines is 1. The van der Waals surface area contributed by atoms with Crippen molar-refractivity contribution >= 4 is 23.0 Å². The van der Waals surface area contributed by atoms with E-state index in [1.165, 1.54) is 10.4 Å². The van der Waals surface area contributed by atoms with E-state index in [0.29, 0.717) is 5.56 Å². The summed E-state index contributed by atoms with van der Waals surface area (Å²) in [5.74, 6) is -0.895. The molecule has 0 aliphatic heterocycles. The maximum absolute atomic E-state index is 10.7. The van der Waals surface area contributed by atoms with Crippen molar-refractivity contribution in [3.8, 4) is 0 Å². The molecular formula is C14H15NO2S. The Morgan fingerprint density at radius 1 is 1.28 bits per heavy atom. The molecule has 94 valence electrons. The Balaban J connectivity index is 2.00. The molecule has 0 bridgehead atoms. The minimum absolute atomic E-state index is 0.311. The van der Waals surface area contributed by atoms with Crippen LogP contribution in [0.5, 0.6) is 0 Å². The summed E-state index contributed by atoms with van der Waals surface area (Å²) in [5.41, 5.74) is 2.62. The predicted molar refractivity (Wildman–Crippen MR) is 74.4 cm³/mol. The smallest absolute Gasteiger partial charge is 0.335 e. The standard InChI is InChI=1S/C14H15NO2S/c1-2-10-7-8-18-13(10)9-15-12-5-3-11(4-6-12)14(16)17/h3-8,15H,2,9H2,1H3,(H,16,17). The summed E-state index contributed by atoms with van der Waals surface area (Å²) in [7, 11) is 0. The van der Waals surface area contributed by atoms with Gasteiger partial charge in [0.25, 0.3) is 0 Å². The van der Waals surface area contributed by atoms with Gasteiger partial charge in [0.05, 0.1) is 5.56 Å². The molecule has 0 aliphatic rings. The van der Waals surface area contributed by atoms with Crippen molar-refractivity contribution in [2.24, 2.45) is 0 Å². The highest BCUT2D eigenvalue weighted by molar-refractivity contribution is 7.10. The van der Waals surface area contributed by atoms with Crippen LogP contribution in [0.4, 0.5) is 5.69 Å². The van der Waals surface area contributed by atoms with E-state index >= 15 is 0 Å². The molecule has 0 spiro atoms. The first-order chi connectivity index (χ1) is 8.70. The highest BCUT2D eigenvalue weighted by Gasteiger charge is 2.04. The van der Waals surface area contributed by atoms with Gasteiger partial charge in [0.1, 0.15) is 0 Å². The number of hydrogen-bond donors (Lipinski definition) is 2. The summed E-state index contributed by atoms with van der Waals surface area (Å²) >= 11 is 1.74. The molecule has 0 saturated heterocycles. The van der Waals surface area contributed by atoms with Crippen LogP contribution in [0.3, 0.4) is 0 Å². The average Bonchev–Trinajstić information content (AvgIpc) is 2.84. The van der Waals surface area contributed by atoms with Gasteiger partial charge in [-0.15, -0.1) is 11.3 Å². The van der Waals surface area contributed by atoms with E-state index in [9.17, 15) is 4.79 Å². The Bertz CT molecular complexity index is 531. The minimum Gasteiger partial charge on any atom is -0.478 e. The van der Waals surface area contributed by atoms with Crippen molar-refractivity contribution in [1.29, 1.82) is 0 Å². The highest BCUT2D eigenvalue weighted by atomic mass is 32.1. The Labute approximate surface area is 110 Å². The van der Waals surface area contributed by atoms with Gasteiger partial charge in [-0.25, -0.2) is 4.79 Å². The molecule has 1 aromatic heterocycles. The number of carboxylic acid groups (broad SMARTS) is 1. The van der Waals surface area contributed by atoms with Crippen molar-refractivity contribution < 1.29 is 9.90 Å². The van der Waals surface area contributed by atoms with Crippen LogP contribution in [0, 0.1) is 0 Å². The van der Waals surface area contributed by atoms with Gasteiger partial charge in [0, 0.05) is 17.1 Å². The molecule has 1 aromatic carbocycles. The van der Waals surface area contributed by atoms with Crippen LogP contribution in [0.15, 0.2) is 35.7 Å². The van der Waals surface area contributed by atoms with E-state index in [4.69, 9.17) is 5.11 Å². The SMILES string of the molecule is CCc1ccsc1CNc1ccc(C(=O)O)cc1. The van der Waals surface area contributed by atoms with Gasteiger partial charge in [-0.1, -0.05) is 6.92 Å². The van der Waals surface area contributed by atoms with Crippen molar-refractivity contribution in [3.63, 3.8) is 0 Å². The number of carboxylic acids is 1. The van der Waals surface area contributed by atoms with E-state index in [1.807, 2.05) is 0 Å². The minimum atomic E-state index is -0.895. The zero-order valence-corrected chi connectivity index (χ0v) is 11.0. The van der Waals surface area contributed by atoms with Crippen LogP contribution in [-0.2, 0) is 13.0 Å². The molecule has 3 nitrogen and oxygen atoms in total. The summed E-state index contributed by atoms with van der Waals surface area (Å²) in [5, 5.41) is 14.2. The van der Waals surface area contributed by atoms with Crippen LogP contribution in [-0.4, -0.2) is 11.1 Å². The maximum Gasteiger partial charge on any atom is 0.335 e. The molecule has 2 rings (SSSR count). The molecular weight excluding hydrogens is 246 g/mol. The summed E-state index contributed by atoms with van der Waals surface area (Å²) in [6, 6.07) is 8.96. The zero-order valence-electron chi connectivity index (χ0n) is 10.1. The van der Waals surface area contributed by atoms with Crippen LogP contribution < -0.4 is 5.32 Å². The Morgan fingerprint density at radius 2 is 2.00 bits per heavy atom. The summed E-state index contributed by atoms with van der Waals surface area (Å²) in [6.45, 7) is 2.93. The van der Waals surface area contributed by atoms with Gasteiger partial charge >= 0.3 is 5.97 Å². The first-order valence-corrected chi connectivity index (χ1v) is 6.71. The number of carbonyl (C=O) groups is 1. The second kappa shape index (κ2) is 5.69.